The van der Waals surface area contributed by atoms with Crippen LogP contribution in [0, 0.1) is 5.82 Å². The molecular formula is C21H19ClFNO2. The highest BCUT2D eigenvalue weighted by Gasteiger charge is 2.11. The largest absolute Gasteiger partial charge is 0.493 e. The molecule has 0 atom stereocenters. The van der Waals surface area contributed by atoms with E-state index >= 15 is 0 Å². The normalized spacial score (nSPS) is 10.4. The topological polar surface area (TPSA) is 30.5 Å². The number of nitrogens with one attached hydrogen (secondary N) is 1. The Morgan fingerprint density at radius 3 is 2.50 bits per heavy atom. The van der Waals surface area contributed by atoms with Crippen molar-refractivity contribution < 1.29 is 13.9 Å². The van der Waals surface area contributed by atoms with E-state index in [0.717, 1.165) is 16.8 Å². The van der Waals surface area contributed by atoms with Gasteiger partial charge in [-0.1, -0.05) is 35.9 Å². The summed E-state index contributed by atoms with van der Waals surface area (Å²) in [6.45, 7) is 0.901. The smallest absolute Gasteiger partial charge is 0.166 e. The standard InChI is InChI=1S/C21H19ClFNO2/c1-25-20-7-3-5-16(13-24-19-10-8-18(23)9-11-19)21(20)26-14-15-4-2-6-17(22)12-15/h2-12,24H,13-14H2,1H3. The maximum atomic E-state index is 13.0. The van der Waals surface area contributed by atoms with Gasteiger partial charge in [0, 0.05) is 22.8 Å². The van der Waals surface area contributed by atoms with Crippen LogP contribution in [0.25, 0.3) is 0 Å². The van der Waals surface area contributed by atoms with Gasteiger partial charge >= 0.3 is 0 Å². The zero-order valence-corrected chi connectivity index (χ0v) is 15.1. The molecule has 0 fully saturated rings. The number of anilines is 1. The first-order chi connectivity index (χ1) is 12.7. The molecule has 0 unspecified atom stereocenters. The first kappa shape index (κ1) is 18.1. The Morgan fingerprint density at radius 2 is 1.77 bits per heavy atom. The molecule has 0 spiro atoms. The van der Waals surface area contributed by atoms with Crippen LogP contribution in [0.2, 0.25) is 5.02 Å². The quantitative estimate of drug-likeness (QED) is 0.579. The van der Waals surface area contributed by atoms with Crippen LogP contribution >= 0.6 is 11.6 Å². The molecule has 26 heavy (non-hydrogen) atoms. The van der Waals surface area contributed by atoms with Crippen LogP contribution in [-0.2, 0) is 13.2 Å². The van der Waals surface area contributed by atoms with E-state index in [4.69, 9.17) is 21.1 Å². The molecule has 0 aliphatic rings. The fourth-order valence-corrected chi connectivity index (χ4v) is 2.79. The third-order valence-corrected chi connectivity index (χ3v) is 4.11. The lowest BCUT2D eigenvalue weighted by Gasteiger charge is -2.16. The van der Waals surface area contributed by atoms with Crippen molar-refractivity contribution in [3.63, 3.8) is 0 Å². The van der Waals surface area contributed by atoms with Crippen LogP contribution in [0.15, 0.2) is 66.7 Å². The number of benzene rings is 3. The van der Waals surface area contributed by atoms with Crippen LogP contribution in [0.1, 0.15) is 11.1 Å². The van der Waals surface area contributed by atoms with E-state index in [1.807, 2.05) is 42.5 Å². The molecule has 3 rings (SSSR count). The summed E-state index contributed by atoms with van der Waals surface area (Å²) >= 11 is 6.03. The number of para-hydroxylation sites is 1. The van der Waals surface area contributed by atoms with E-state index in [9.17, 15) is 4.39 Å². The second-order valence-electron chi connectivity index (χ2n) is 5.73. The Balaban J connectivity index is 1.75. The average molecular weight is 372 g/mol. The predicted molar refractivity (Wildman–Crippen MR) is 103 cm³/mol. The van der Waals surface area contributed by atoms with Gasteiger partial charge in [0.2, 0.25) is 0 Å². The number of hydrogen-bond donors (Lipinski definition) is 1. The first-order valence-electron chi connectivity index (χ1n) is 8.18. The Morgan fingerprint density at radius 1 is 1.00 bits per heavy atom. The Bertz CT molecular complexity index is 868. The highest BCUT2D eigenvalue weighted by Crippen LogP contribution is 2.32. The third-order valence-electron chi connectivity index (χ3n) is 3.88. The van der Waals surface area contributed by atoms with Crippen LogP contribution in [0.4, 0.5) is 10.1 Å². The summed E-state index contributed by atoms with van der Waals surface area (Å²) in [6, 6.07) is 19.5. The van der Waals surface area contributed by atoms with E-state index in [1.54, 1.807) is 19.2 Å². The van der Waals surface area contributed by atoms with Gasteiger partial charge in [0.25, 0.3) is 0 Å². The zero-order valence-electron chi connectivity index (χ0n) is 14.3. The predicted octanol–water partition coefficient (Wildman–Crippen LogP) is 5.68. The van der Waals surface area contributed by atoms with E-state index in [2.05, 4.69) is 5.32 Å². The molecule has 134 valence electrons. The lowest BCUT2D eigenvalue weighted by molar-refractivity contribution is 0.281. The van der Waals surface area contributed by atoms with Gasteiger partial charge in [0.05, 0.1) is 7.11 Å². The van der Waals surface area contributed by atoms with Crippen molar-refractivity contribution in [2.75, 3.05) is 12.4 Å². The Labute approximate surface area is 157 Å². The lowest BCUT2D eigenvalue weighted by atomic mass is 10.1. The third kappa shape index (κ3) is 4.67. The van der Waals surface area contributed by atoms with Crippen LogP contribution in [0.5, 0.6) is 11.5 Å². The molecule has 0 aliphatic heterocycles. The van der Waals surface area contributed by atoms with Gasteiger partial charge in [-0.25, -0.2) is 4.39 Å². The molecule has 3 aromatic rings. The number of halogens is 2. The van der Waals surface area contributed by atoms with Gasteiger partial charge in [0.1, 0.15) is 12.4 Å². The SMILES string of the molecule is COc1cccc(CNc2ccc(F)cc2)c1OCc1cccc(Cl)c1. The summed E-state index contributed by atoms with van der Waals surface area (Å²) in [4.78, 5) is 0. The van der Waals surface area contributed by atoms with E-state index in [0.29, 0.717) is 29.7 Å². The molecule has 0 heterocycles. The fourth-order valence-electron chi connectivity index (χ4n) is 2.57. The second kappa shape index (κ2) is 8.59. The van der Waals surface area contributed by atoms with E-state index in [-0.39, 0.29) is 5.82 Å². The molecule has 0 amide bonds. The van der Waals surface area contributed by atoms with Gasteiger partial charge < -0.3 is 14.8 Å². The molecule has 0 radical (unpaired) electrons. The van der Waals surface area contributed by atoms with Crippen molar-refractivity contribution in [2.45, 2.75) is 13.2 Å². The Hall–Kier alpha value is -2.72. The Kier molecular flexibility index (Phi) is 5.97. The van der Waals surface area contributed by atoms with Crippen molar-refractivity contribution in [2.24, 2.45) is 0 Å². The summed E-state index contributed by atoms with van der Waals surface area (Å²) in [5.41, 5.74) is 2.74. The van der Waals surface area contributed by atoms with E-state index in [1.165, 1.54) is 12.1 Å². The number of methoxy groups -OCH3 is 1. The summed E-state index contributed by atoms with van der Waals surface area (Å²) < 4.78 is 24.5. The fraction of sp³-hybridized carbons (Fsp3) is 0.143. The first-order valence-corrected chi connectivity index (χ1v) is 8.56. The average Bonchev–Trinajstić information content (AvgIpc) is 2.66. The molecule has 0 saturated carbocycles. The summed E-state index contributed by atoms with van der Waals surface area (Å²) in [6.07, 6.45) is 0. The second-order valence-corrected chi connectivity index (χ2v) is 6.16. The molecular weight excluding hydrogens is 353 g/mol. The van der Waals surface area contributed by atoms with E-state index < -0.39 is 0 Å². The molecule has 0 aliphatic carbocycles. The van der Waals surface area contributed by atoms with Crippen LogP contribution in [0.3, 0.4) is 0 Å². The highest BCUT2D eigenvalue weighted by molar-refractivity contribution is 6.30. The summed E-state index contributed by atoms with van der Waals surface area (Å²) in [7, 11) is 1.61. The minimum Gasteiger partial charge on any atom is -0.493 e. The molecule has 5 heteroatoms. The van der Waals surface area contributed by atoms with Crippen molar-refractivity contribution >= 4 is 17.3 Å². The molecule has 0 aromatic heterocycles. The zero-order chi connectivity index (χ0) is 18.4. The number of ether oxygens (including phenoxy) is 2. The van der Waals surface area contributed by atoms with Crippen molar-refractivity contribution in [1.29, 1.82) is 0 Å². The van der Waals surface area contributed by atoms with Crippen LogP contribution < -0.4 is 14.8 Å². The minimum absolute atomic E-state index is 0.262. The molecule has 0 saturated heterocycles. The maximum absolute atomic E-state index is 13.0. The monoisotopic (exact) mass is 371 g/mol. The molecule has 0 bridgehead atoms. The van der Waals surface area contributed by atoms with Gasteiger partial charge in [0.15, 0.2) is 11.5 Å². The van der Waals surface area contributed by atoms with Crippen molar-refractivity contribution in [3.05, 3.63) is 88.7 Å². The molecule has 3 aromatic carbocycles. The lowest BCUT2D eigenvalue weighted by Crippen LogP contribution is -2.05. The van der Waals surface area contributed by atoms with Gasteiger partial charge in [-0.3, -0.25) is 0 Å². The van der Waals surface area contributed by atoms with Gasteiger partial charge in [-0.2, -0.15) is 0 Å². The maximum Gasteiger partial charge on any atom is 0.166 e. The summed E-state index contributed by atoms with van der Waals surface area (Å²) in [5, 5.41) is 3.93. The van der Waals surface area contributed by atoms with Crippen LogP contribution in [-0.4, -0.2) is 7.11 Å². The minimum atomic E-state index is -0.262. The van der Waals surface area contributed by atoms with Crippen molar-refractivity contribution in [1.82, 2.24) is 0 Å². The summed E-state index contributed by atoms with van der Waals surface area (Å²) in [5.74, 6) is 1.07. The van der Waals surface area contributed by atoms with Crippen molar-refractivity contribution in [3.8, 4) is 11.5 Å². The molecule has 3 nitrogen and oxygen atoms in total. The highest BCUT2D eigenvalue weighted by atomic mass is 35.5. The molecule has 1 N–H and O–H groups in total. The number of hydrogen-bond acceptors (Lipinski definition) is 3. The number of rotatable bonds is 7. The van der Waals surface area contributed by atoms with Gasteiger partial charge in [-0.15, -0.1) is 0 Å². The van der Waals surface area contributed by atoms with Gasteiger partial charge in [-0.05, 0) is 48.0 Å².